The normalized spacial score (nSPS) is 22.3. The van der Waals surface area contributed by atoms with E-state index in [0.717, 1.165) is 30.1 Å². The molecule has 0 aromatic carbocycles. The van der Waals surface area contributed by atoms with Crippen molar-refractivity contribution in [3.63, 3.8) is 0 Å². The third-order valence-corrected chi connectivity index (χ3v) is 6.05. The van der Waals surface area contributed by atoms with Crippen LogP contribution in [0.3, 0.4) is 0 Å². The molecule has 5 heterocycles. The molecule has 136 valence electrons. The Morgan fingerprint density at radius 1 is 1.27 bits per heavy atom. The van der Waals surface area contributed by atoms with Crippen molar-refractivity contribution in [2.24, 2.45) is 5.92 Å². The number of amides is 2. The van der Waals surface area contributed by atoms with Gasteiger partial charge in [-0.1, -0.05) is 0 Å². The molecule has 2 aromatic rings. The SMILES string of the molecule is Cc1nc(CC(=O)N2CC3CCC2CN(C(=O)c2cccnc2)C3)cs1. The molecule has 0 aliphatic carbocycles. The first kappa shape index (κ1) is 17.1. The van der Waals surface area contributed by atoms with E-state index < -0.39 is 0 Å². The number of thiazole rings is 1. The number of aromatic nitrogens is 2. The van der Waals surface area contributed by atoms with Gasteiger partial charge < -0.3 is 9.80 Å². The van der Waals surface area contributed by atoms with Crippen molar-refractivity contribution in [3.8, 4) is 0 Å². The summed E-state index contributed by atoms with van der Waals surface area (Å²) in [4.78, 5) is 38.0. The summed E-state index contributed by atoms with van der Waals surface area (Å²) in [6, 6.07) is 3.68. The van der Waals surface area contributed by atoms with Gasteiger partial charge in [-0.15, -0.1) is 11.3 Å². The summed E-state index contributed by atoms with van der Waals surface area (Å²) in [5.74, 6) is 0.482. The first-order chi connectivity index (χ1) is 12.6. The van der Waals surface area contributed by atoms with Gasteiger partial charge in [-0.25, -0.2) is 4.98 Å². The van der Waals surface area contributed by atoms with Crippen LogP contribution in [0.15, 0.2) is 29.9 Å². The average molecular weight is 370 g/mol. The fourth-order valence-corrected chi connectivity index (χ4v) is 4.58. The number of piperidine rings is 1. The molecular formula is C19H22N4O2S. The molecule has 0 saturated carbocycles. The predicted molar refractivity (Wildman–Crippen MR) is 98.9 cm³/mol. The van der Waals surface area contributed by atoms with Gasteiger partial charge in [0, 0.05) is 43.4 Å². The van der Waals surface area contributed by atoms with Gasteiger partial charge >= 0.3 is 0 Å². The zero-order valence-electron chi connectivity index (χ0n) is 14.8. The van der Waals surface area contributed by atoms with Crippen LogP contribution in [0.5, 0.6) is 0 Å². The molecule has 2 amide bonds. The minimum atomic E-state index is 0.0134. The molecular weight excluding hydrogens is 348 g/mol. The summed E-state index contributed by atoms with van der Waals surface area (Å²) >= 11 is 1.57. The molecule has 5 rings (SSSR count). The number of nitrogens with zero attached hydrogens (tertiary/aromatic N) is 4. The number of rotatable bonds is 3. The topological polar surface area (TPSA) is 66.4 Å². The second-order valence-corrected chi connectivity index (χ2v) is 8.19. The second kappa shape index (κ2) is 7.15. The fourth-order valence-electron chi connectivity index (χ4n) is 3.97. The van der Waals surface area contributed by atoms with Crippen LogP contribution < -0.4 is 0 Å². The molecule has 3 fully saturated rings. The van der Waals surface area contributed by atoms with Crippen molar-refractivity contribution in [1.29, 1.82) is 0 Å². The molecule has 7 heteroatoms. The third-order valence-electron chi connectivity index (χ3n) is 5.23. The number of aryl methyl sites for hydroxylation is 1. The zero-order chi connectivity index (χ0) is 18.1. The van der Waals surface area contributed by atoms with Crippen LogP contribution in [-0.4, -0.2) is 57.3 Å². The van der Waals surface area contributed by atoms with Crippen LogP contribution in [0.1, 0.15) is 33.9 Å². The summed E-state index contributed by atoms with van der Waals surface area (Å²) in [5.41, 5.74) is 1.46. The summed E-state index contributed by atoms with van der Waals surface area (Å²) in [7, 11) is 0. The van der Waals surface area contributed by atoms with E-state index in [1.54, 1.807) is 35.9 Å². The van der Waals surface area contributed by atoms with Gasteiger partial charge in [-0.2, -0.15) is 0 Å². The largest absolute Gasteiger partial charge is 0.337 e. The maximum Gasteiger partial charge on any atom is 0.255 e. The lowest BCUT2D eigenvalue weighted by Gasteiger charge is -2.36. The Hall–Kier alpha value is -2.28. The lowest BCUT2D eigenvalue weighted by molar-refractivity contribution is -0.134. The molecule has 2 atom stereocenters. The van der Waals surface area contributed by atoms with E-state index in [9.17, 15) is 9.59 Å². The van der Waals surface area contributed by atoms with Crippen LogP contribution in [0.25, 0.3) is 0 Å². The van der Waals surface area contributed by atoms with Crippen molar-refractivity contribution >= 4 is 23.2 Å². The van der Waals surface area contributed by atoms with Gasteiger partial charge in [-0.3, -0.25) is 14.6 Å². The fraction of sp³-hybridized carbons (Fsp3) is 0.474. The highest BCUT2D eigenvalue weighted by molar-refractivity contribution is 7.09. The van der Waals surface area contributed by atoms with E-state index in [1.807, 2.05) is 22.1 Å². The molecule has 0 spiro atoms. The molecule has 3 aliphatic rings. The Kier molecular flexibility index (Phi) is 4.72. The Labute approximate surface area is 156 Å². The predicted octanol–water partition coefficient (Wildman–Crippen LogP) is 2.15. The number of hydrogen-bond donors (Lipinski definition) is 0. The van der Waals surface area contributed by atoms with Crippen molar-refractivity contribution in [2.75, 3.05) is 19.6 Å². The van der Waals surface area contributed by atoms with Crippen molar-refractivity contribution in [1.82, 2.24) is 19.8 Å². The summed E-state index contributed by atoms with van der Waals surface area (Å²) < 4.78 is 0. The number of carbonyl (C=O) groups excluding carboxylic acids is 2. The minimum Gasteiger partial charge on any atom is -0.337 e. The smallest absolute Gasteiger partial charge is 0.255 e. The lowest BCUT2D eigenvalue weighted by atomic mass is 9.94. The Morgan fingerprint density at radius 3 is 2.88 bits per heavy atom. The number of fused-ring (bicyclic) bond motifs is 4. The van der Waals surface area contributed by atoms with E-state index in [2.05, 4.69) is 9.97 Å². The van der Waals surface area contributed by atoms with E-state index in [-0.39, 0.29) is 17.9 Å². The van der Waals surface area contributed by atoms with Crippen LogP contribution in [0.2, 0.25) is 0 Å². The molecule has 2 bridgehead atoms. The first-order valence-corrected chi connectivity index (χ1v) is 9.88. The molecule has 2 aromatic heterocycles. The van der Waals surface area contributed by atoms with E-state index >= 15 is 0 Å². The molecule has 2 unspecified atom stereocenters. The quantitative estimate of drug-likeness (QED) is 0.830. The summed E-state index contributed by atoms with van der Waals surface area (Å²) in [6.07, 6.45) is 5.67. The summed E-state index contributed by atoms with van der Waals surface area (Å²) in [6.45, 7) is 4.01. The van der Waals surface area contributed by atoms with Crippen LogP contribution >= 0.6 is 11.3 Å². The molecule has 3 aliphatic heterocycles. The van der Waals surface area contributed by atoms with Crippen LogP contribution in [0, 0.1) is 12.8 Å². The van der Waals surface area contributed by atoms with Crippen molar-refractivity contribution in [3.05, 3.63) is 46.2 Å². The molecule has 0 N–H and O–H groups in total. The van der Waals surface area contributed by atoms with Crippen molar-refractivity contribution < 1.29 is 9.59 Å². The van der Waals surface area contributed by atoms with Gasteiger partial charge in [0.2, 0.25) is 5.91 Å². The maximum absolute atomic E-state index is 12.8. The Morgan fingerprint density at radius 2 is 2.15 bits per heavy atom. The standard InChI is InChI=1S/C19H22N4O2S/c1-13-21-16(12-26-13)7-18(24)23-10-14-4-5-17(23)11-22(9-14)19(25)15-3-2-6-20-8-15/h2-3,6,8,12,14,17H,4-5,7,9-11H2,1H3. The number of hydrogen-bond acceptors (Lipinski definition) is 5. The van der Waals surface area contributed by atoms with Crippen LogP contribution in [-0.2, 0) is 11.2 Å². The van der Waals surface area contributed by atoms with E-state index in [0.29, 0.717) is 31.0 Å². The number of carbonyl (C=O) groups is 2. The molecule has 6 nitrogen and oxygen atoms in total. The minimum absolute atomic E-state index is 0.0134. The van der Waals surface area contributed by atoms with Gasteiger partial charge in [0.25, 0.3) is 5.91 Å². The highest BCUT2D eigenvalue weighted by Crippen LogP contribution is 2.29. The highest BCUT2D eigenvalue weighted by atomic mass is 32.1. The number of pyridine rings is 1. The van der Waals surface area contributed by atoms with Crippen molar-refractivity contribution in [2.45, 2.75) is 32.2 Å². The monoisotopic (exact) mass is 370 g/mol. The van der Waals surface area contributed by atoms with Gasteiger partial charge in [0.15, 0.2) is 0 Å². The zero-order valence-corrected chi connectivity index (χ0v) is 15.6. The maximum atomic E-state index is 12.8. The first-order valence-electron chi connectivity index (χ1n) is 9.00. The Balaban J connectivity index is 1.48. The highest BCUT2D eigenvalue weighted by Gasteiger charge is 2.38. The van der Waals surface area contributed by atoms with E-state index in [1.165, 1.54) is 0 Å². The molecule has 3 saturated heterocycles. The van der Waals surface area contributed by atoms with E-state index in [4.69, 9.17) is 0 Å². The third kappa shape index (κ3) is 3.49. The van der Waals surface area contributed by atoms with Gasteiger partial charge in [0.1, 0.15) is 0 Å². The van der Waals surface area contributed by atoms with Gasteiger partial charge in [0.05, 0.1) is 22.7 Å². The Bertz CT molecular complexity index is 807. The molecule has 26 heavy (non-hydrogen) atoms. The van der Waals surface area contributed by atoms with Crippen LogP contribution in [0.4, 0.5) is 0 Å². The average Bonchev–Trinajstić information content (AvgIpc) is 2.86. The summed E-state index contributed by atoms with van der Waals surface area (Å²) in [5, 5.41) is 2.94. The lowest BCUT2D eigenvalue weighted by Crippen LogP contribution is -2.48. The van der Waals surface area contributed by atoms with Gasteiger partial charge in [-0.05, 0) is 37.8 Å². The molecule has 0 radical (unpaired) electrons. The second-order valence-electron chi connectivity index (χ2n) is 7.13.